The average Bonchev–Trinajstić information content (AvgIpc) is 2.88. The molecule has 114 valence electrons. The van der Waals surface area contributed by atoms with Gasteiger partial charge in [0.05, 0.1) is 11.4 Å². The Kier molecular flexibility index (Phi) is 5.38. The van der Waals surface area contributed by atoms with E-state index in [1.807, 2.05) is 18.7 Å². The van der Waals surface area contributed by atoms with Gasteiger partial charge < -0.3 is 5.32 Å². The minimum atomic E-state index is 0.192. The van der Waals surface area contributed by atoms with Crippen LogP contribution in [0.4, 0.5) is 0 Å². The zero-order valence-electron chi connectivity index (χ0n) is 13.3. The van der Waals surface area contributed by atoms with Crippen LogP contribution in [0.1, 0.15) is 49.1 Å². The summed E-state index contributed by atoms with van der Waals surface area (Å²) in [5, 5.41) is 16.3. The highest BCUT2D eigenvalue weighted by atomic mass is 15.3. The predicted octanol–water partition coefficient (Wildman–Crippen LogP) is 1.76. The summed E-state index contributed by atoms with van der Waals surface area (Å²) in [6.45, 7) is 7.23. The first-order valence-corrected chi connectivity index (χ1v) is 7.55. The molecule has 0 aromatic carbocycles. The molecule has 0 amide bonds. The molecule has 1 N–H and O–H groups in total. The third kappa shape index (κ3) is 3.85. The summed E-state index contributed by atoms with van der Waals surface area (Å²) in [5.74, 6) is 0.972. The van der Waals surface area contributed by atoms with Gasteiger partial charge in [-0.05, 0) is 37.9 Å². The lowest BCUT2D eigenvalue weighted by Gasteiger charge is -2.20. The lowest BCUT2D eigenvalue weighted by molar-refractivity contribution is 0.499. The maximum absolute atomic E-state index is 4.34. The normalized spacial score (nSPS) is 12.6. The molecule has 2 aromatic rings. The molecular weight excluding hydrogens is 264 g/mol. The molecule has 0 fully saturated rings. The monoisotopic (exact) mass is 288 g/mol. The van der Waals surface area contributed by atoms with Gasteiger partial charge in [0, 0.05) is 19.5 Å². The molecule has 2 rings (SSSR count). The topological polar surface area (TPSA) is 68.5 Å². The van der Waals surface area contributed by atoms with Crippen molar-refractivity contribution in [1.29, 1.82) is 0 Å². The molecule has 0 saturated carbocycles. The second-order valence-corrected chi connectivity index (χ2v) is 5.25. The van der Waals surface area contributed by atoms with Gasteiger partial charge in [-0.15, -0.1) is 0 Å². The summed E-state index contributed by atoms with van der Waals surface area (Å²) in [6.07, 6.45) is 4.37. The number of hydrogen-bond donors (Lipinski definition) is 1. The van der Waals surface area contributed by atoms with Crippen LogP contribution < -0.4 is 5.32 Å². The highest BCUT2D eigenvalue weighted by Crippen LogP contribution is 2.21. The maximum Gasteiger partial charge on any atom is 0.138 e. The summed E-state index contributed by atoms with van der Waals surface area (Å²) < 4.78 is 1.83. The van der Waals surface area contributed by atoms with Crippen molar-refractivity contribution in [2.45, 2.75) is 46.1 Å². The first-order valence-electron chi connectivity index (χ1n) is 7.55. The molecule has 0 saturated heterocycles. The Hall–Kier alpha value is -1.82. The number of rotatable bonds is 7. The van der Waals surface area contributed by atoms with Gasteiger partial charge in [0.25, 0.3) is 0 Å². The number of aryl methyl sites for hydroxylation is 3. The summed E-state index contributed by atoms with van der Waals surface area (Å²) in [5.41, 5.74) is 3.22. The number of hydrogen-bond acceptors (Lipinski definition) is 5. The van der Waals surface area contributed by atoms with Crippen LogP contribution >= 0.6 is 0 Å². The van der Waals surface area contributed by atoms with Crippen molar-refractivity contribution in [2.75, 3.05) is 6.54 Å². The minimum absolute atomic E-state index is 0.192. The molecule has 0 aliphatic carbocycles. The number of nitrogens with one attached hydrogen (secondary N) is 1. The first-order chi connectivity index (χ1) is 10.2. The summed E-state index contributed by atoms with van der Waals surface area (Å²) in [7, 11) is 1.93. The van der Waals surface area contributed by atoms with Crippen molar-refractivity contribution in [1.82, 2.24) is 30.3 Å². The molecule has 21 heavy (non-hydrogen) atoms. The highest BCUT2D eigenvalue weighted by Gasteiger charge is 2.18. The molecule has 2 heterocycles. The van der Waals surface area contributed by atoms with E-state index in [0.29, 0.717) is 0 Å². The van der Waals surface area contributed by atoms with Crippen molar-refractivity contribution in [3.05, 3.63) is 35.2 Å². The Labute approximate surface area is 126 Å². The molecule has 6 nitrogen and oxygen atoms in total. The van der Waals surface area contributed by atoms with Crippen LogP contribution in [0.25, 0.3) is 0 Å². The van der Waals surface area contributed by atoms with Gasteiger partial charge in [-0.1, -0.05) is 13.8 Å². The Morgan fingerprint density at radius 1 is 1.29 bits per heavy atom. The molecule has 0 aliphatic rings. The Morgan fingerprint density at radius 3 is 2.71 bits per heavy atom. The van der Waals surface area contributed by atoms with Crippen molar-refractivity contribution >= 4 is 0 Å². The minimum Gasteiger partial charge on any atom is -0.309 e. The van der Waals surface area contributed by atoms with Crippen molar-refractivity contribution in [3.8, 4) is 0 Å². The molecule has 1 unspecified atom stereocenters. The zero-order chi connectivity index (χ0) is 15.2. The van der Waals surface area contributed by atoms with E-state index in [2.05, 4.69) is 45.5 Å². The molecule has 6 heteroatoms. The SMILES string of the molecule is CCCNC(Cc1ncnn1C)c1cc(C)nnc1CC. The maximum atomic E-state index is 4.34. The molecular formula is C15H24N6. The Bertz CT molecular complexity index is 577. The van der Waals surface area contributed by atoms with Gasteiger partial charge in [-0.2, -0.15) is 15.3 Å². The molecule has 0 bridgehead atoms. The molecule has 1 atom stereocenters. The van der Waals surface area contributed by atoms with E-state index in [1.54, 1.807) is 6.33 Å². The predicted molar refractivity (Wildman–Crippen MR) is 81.9 cm³/mol. The van der Waals surface area contributed by atoms with E-state index >= 15 is 0 Å². The van der Waals surface area contributed by atoms with Gasteiger partial charge in [-0.3, -0.25) is 4.68 Å². The van der Waals surface area contributed by atoms with Crippen LogP contribution in [-0.2, 0) is 19.9 Å². The molecule has 0 aliphatic heterocycles. The van der Waals surface area contributed by atoms with E-state index in [1.165, 1.54) is 5.56 Å². The average molecular weight is 288 g/mol. The first kappa shape index (κ1) is 15.6. The second-order valence-electron chi connectivity index (χ2n) is 5.25. The Morgan fingerprint density at radius 2 is 2.10 bits per heavy atom. The highest BCUT2D eigenvalue weighted by molar-refractivity contribution is 5.25. The van der Waals surface area contributed by atoms with Gasteiger partial charge in [0.2, 0.25) is 0 Å². The van der Waals surface area contributed by atoms with E-state index in [0.717, 1.165) is 43.0 Å². The number of nitrogens with zero attached hydrogens (tertiary/aromatic N) is 5. The standard InChI is InChI=1S/C15H24N6/c1-5-7-16-14(9-15-17-10-18-21(15)4)12-8-11(3)19-20-13(12)6-2/h8,10,14,16H,5-7,9H2,1-4H3. The van der Waals surface area contributed by atoms with Crippen molar-refractivity contribution < 1.29 is 0 Å². The van der Waals surface area contributed by atoms with Crippen LogP contribution in [-0.4, -0.2) is 31.5 Å². The van der Waals surface area contributed by atoms with Crippen LogP contribution in [0.5, 0.6) is 0 Å². The fraction of sp³-hybridized carbons (Fsp3) is 0.600. The van der Waals surface area contributed by atoms with Crippen molar-refractivity contribution in [2.24, 2.45) is 7.05 Å². The van der Waals surface area contributed by atoms with Gasteiger partial charge >= 0.3 is 0 Å². The van der Waals surface area contributed by atoms with Crippen LogP contribution in [0.3, 0.4) is 0 Å². The fourth-order valence-electron chi connectivity index (χ4n) is 2.41. The fourth-order valence-corrected chi connectivity index (χ4v) is 2.41. The van der Waals surface area contributed by atoms with Gasteiger partial charge in [0.1, 0.15) is 12.2 Å². The number of aromatic nitrogens is 5. The zero-order valence-corrected chi connectivity index (χ0v) is 13.3. The lowest BCUT2D eigenvalue weighted by Crippen LogP contribution is -2.27. The molecule has 0 radical (unpaired) electrons. The summed E-state index contributed by atoms with van der Waals surface area (Å²) in [6, 6.07) is 2.33. The van der Waals surface area contributed by atoms with Crippen LogP contribution in [0.15, 0.2) is 12.4 Å². The summed E-state index contributed by atoms with van der Waals surface area (Å²) >= 11 is 0. The largest absolute Gasteiger partial charge is 0.309 e. The Balaban J connectivity index is 2.31. The second kappa shape index (κ2) is 7.26. The molecule has 0 spiro atoms. The van der Waals surface area contributed by atoms with Gasteiger partial charge in [-0.25, -0.2) is 4.98 Å². The molecule has 2 aromatic heterocycles. The third-order valence-electron chi connectivity index (χ3n) is 3.57. The van der Waals surface area contributed by atoms with E-state index in [9.17, 15) is 0 Å². The van der Waals surface area contributed by atoms with Gasteiger partial charge in [0.15, 0.2) is 0 Å². The lowest BCUT2D eigenvalue weighted by atomic mass is 10.00. The summed E-state index contributed by atoms with van der Waals surface area (Å²) in [4.78, 5) is 4.34. The van der Waals surface area contributed by atoms with Crippen LogP contribution in [0, 0.1) is 6.92 Å². The quantitative estimate of drug-likeness (QED) is 0.841. The van der Waals surface area contributed by atoms with Crippen molar-refractivity contribution in [3.63, 3.8) is 0 Å². The van der Waals surface area contributed by atoms with Crippen LogP contribution in [0.2, 0.25) is 0 Å². The van der Waals surface area contributed by atoms with E-state index in [-0.39, 0.29) is 6.04 Å². The smallest absolute Gasteiger partial charge is 0.138 e. The third-order valence-corrected chi connectivity index (χ3v) is 3.57. The van der Waals surface area contributed by atoms with E-state index in [4.69, 9.17) is 0 Å². The van der Waals surface area contributed by atoms with E-state index < -0.39 is 0 Å².